The topological polar surface area (TPSA) is 75.6 Å². The number of carbonyl (C=O) groups excluding carboxylic acids is 2. The van der Waals surface area contributed by atoms with Gasteiger partial charge >= 0.3 is 5.97 Å². The maximum Gasteiger partial charge on any atom is 0.306 e. The summed E-state index contributed by atoms with van der Waals surface area (Å²) in [7, 11) is 0. The molecular weight excluding hydrogens is 234 g/mol. The number of hydrogen-bond acceptors (Lipinski definition) is 4. The van der Waals surface area contributed by atoms with Gasteiger partial charge in [-0.25, -0.2) is 0 Å². The van der Waals surface area contributed by atoms with E-state index in [1.165, 1.54) is 6.08 Å². The summed E-state index contributed by atoms with van der Waals surface area (Å²) in [5.74, 6) is -0.382. The third-order valence-corrected chi connectivity index (χ3v) is 2.31. The Morgan fingerprint density at radius 3 is 2.61 bits per heavy atom. The zero-order chi connectivity index (χ0) is 14.0. The Bertz CT molecular complexity index is 276. The number of hydrogen-bond donors (Lipinski definition) is 2. The number of amides is 1. The lowest BCUT2D eigenvalue weighted by Gasteiger charge is -2.11. The Hall–Kier alpha value is -1.36. The van der Waals surface area contributed by atoms with Gasteiger partial charge in [-0.1, -0.05) is 26.5 Å². The molecule has 0 bridgehead atoms. The van der Waals surface area contributed by atoms with Gasteiger partial charge in [-0.3, -0.25) is 9.59 Å². The van der Waals surface area contributed by atoms with Crippen LogP contribution in [0.4, 0.5) is 0 Å². The number of nitrogens with one attached hydrogen (secondary N) is 1. The van der Waals surface area contributed by atoms with Crippen molar-refractivity contribution in [2.75, 3.05) is 13.2 Å². The molecule has 0 saturated heterocycles. The minimum Gasteiger partial charge on any atom is -0.461 e. The quantitative estimate of drug-likeness (QED) is 0.477. The first-order valence-corrected chi connectivity index (χ1v) is 6.19. The predicted octanol–water partition coefficient (Wildman–Crippen LogP) is 1.02. The number of ether oxygens (including phenoxy) is 1. The number of aliphatic hydroxyl groups excluding tert-OH is 1. The fraction of sp³-hybridized carbons (Fsp3) is 0.692. The molecule has 0 rings (SSSR count). The molecule has 0 aliphatic rings. The summed E-state index contributed by atoms with van der Waals surface area (Å²) < 4.78 is 4.73. The third-order valence-electron chi connectivity index (χ3n) is 2.31. The number of esters is 1. The molecule has 2 N–H and O–H groups in total. The second-order valence-electron chi connectivity index (χ2n) is 4.50. The van der Waals surface area contributed by atoms with E-state index >= 15 is 0 Å². The molecule has 0 spiro atoms. The fourth-order valence-corrected chi connectivity index (χ4v) is 1.21. The van der Waals surface area contributed by atoms with E-state index in [-0.39, 0.29) is 19.4 Å². The lowest BCUT2D eigenvalue weighted by molar-refractivity contribution is -0.143. The molecule has 0 aromatic heterocycles. The van der Waals surface area contributed by atoms with Crippen LogP contribution in [-0.2, 0) is 14.3 Å². The average Bonchev–Trinajstić information content (AvgIpc) is 2.32. The molecule has 5 nitrogen and oxygen atoms in total. The molecule has 1 amide bonds. The van der Waals surface area contributed by atoms with Crippen LogP contribution in [0.5, 0.6) is 0 Å². The van der Waals surface area contributed by atoms with Crippen LogP contribution >= 0.6 is 0 Å². The average molecular weight is 257 g/mol. The van der Waals surface area contributed by atoms with E-state index in [9.17, 15) is 14.7 Å². The highest BCUT2D eigenvalue weighted by Crippen LogP contribution is 2.01. The summed E-state index contributed by atoms with van der Waals surface area (Å²) in [5.41, 5.74) is 0. The van der Waals surface area contributed by atoms with E-state index in [2.05, 4.69) is 25.7 Å². The number of carbonyl (C=O) groups is 2. The van der Waals surface area contributed by atoms with Crippen LogP contribution in [0.3, 0.4) is 0 Å². The first kappa shape index (κ1) is 16.6. The second-order valence-corrected chi connectivity index (χ2v) is 4.50. The summed E-state index contributed by atoms with van der Waals surface area (Å²) in [5, 5.41) is 12.1. The molecule has 0 saturated carbocycles. The molecule has 5 heteroatoms. The van der Waals surface area contributed by atoms with Gasteiger partial charge < -0.3 is 15.2 Å². The lowest BCUT2D eigenvalue weighted by atomic mass is 10.1. The highest BCUT2D eigenvalue weighted by atomic mass is 16.5. The van der Waals surface area contributed by atoms with Crippen molar-refractivity contribution < 1.29 is 19.4 Å². The molecule has 0 heterocycles. The van der Waals surface area contributed by atoms with Crippen LogP contribution in [0.2, 0.25) is 0 Å². The minimum absolute atomic E-state index is 0.0204. The first-order chi connectivity index (χ1) is 8.47. The molecule has 0 aromatic carbocycles. The Morgan fingerprint density at radius 2 is 2.06 bits per heavy atom. The molecule has 0 aliphatic heterocycles. The molecular formula is C13H23NO4. The highest BCUT2D eigenvalue weighted by Gasteiger charge is 2.16. The van der Waals surface area contributed by atoms with E-state index in [0.717, 1.165) is 6.42 Å². The third kappa shape index (κ3) is 8.75. The van der Waals surface area contributed by atoms with E-state index in [0.29, 0.717) is 12.5 Å². The smallest absolute Gasteiger partial charge is 0.306 e. The van der Waals surface area contributed by atoms with Gasteiger partial charge in [0.05, 0.1) is 0 Å². The van der Waals surface area contributed by atoms with Gasteiger partial charge in [0.15, 0.2) is 0 Å². The van der Waals surface area contributed by atoms with Crippen molar-refractivity contribution in [1.29, 1.82) is 0 Å². The summed E-state index contributed by atoms with van der Waals surface area (Å²) >= 11 is 0. The van der Waals surface area contributed by atoms with Gasteiger partial charge in [-0.2, -0.15) is 0 Å². The van der Waals surface area contributed by atoms with Gasteiger partial charge in [0.1, 0.15) is 12.7 Å². The van der Waals surface area contributed by atoms with Crippen molar-refractivity contribution >= 4 is 11.9 Å². The second kappa shape index (κ2) is 9.65. The lowest BCUT2D eigenvalue weighted by Crippen LogP contribution is -2.35. The molecule has 104 valence electrons. The SMILES string of the molecule is C=CCOC(=O)CCC(O)C(=O)NCCC(C)C. The van der Waals surface area contributed by atoms with Crippen molar-refractivity contribution in [1.82, 2.24) is 5.32 Å². The van der Waals surface area contributed by atoms with Gasteiger partial charge in [-0.05, 0) is 18.8 Å². The predicted molar refractivity (Wildman–Crippen MR) is 68.9 cm³/mol. The maximum atomic E-state index is 11.4. The molecule has 0 radical (unpaired) electrons. The molecule has 1 unspecified atom stereocenters. The van der Waals surface area contributed by atoms with E-state index in [1.807, 2.05) is 0 Å². The fourth-order valence-electron chi connectivity index (χ4n) is 1.21. The number of rotatable bonds is 9. The summed E-state index contributed by atoms with van der Waals surface area (Å²) in [4.78, 5) is 22.5. The van der Waals surface area contributed by atoms with Crippen molar-refractivity contribution in [3.63, 3.8) is 0 Å². The zero-order valence-electron chi connectivity index (χ0n) is 11.1. The summed E-state index contributed by atoms with van der Waals surface area (Å²) in [6, 6.07) is 0. The summed E-state index contributed by atoms with van der Waals surface area (Å²) in [6.45, 7) is 8.21. The van der Waals surface area contributed by atoms with Crippen molar-refractivity contribution in [2.45, 2.75) is 39.2 Å². The van der Waals surface area contributed by atoms with Crippen molar-refractivity contribution in [3.8, 4) is 0 Å². The Morgan fingerprint density at radius 1 is 1.39 bits per heavy atom. The van der Waals surface area contributed by atoms with Crippen molar-refractivity contribution in [2.24, 2.45) is 5.92 Å². The van der Waals surface area contributed by atoms with Gasteiger partial charge in [-0.15, -0.1) is 0 Å². The van der Waals surface area contributed by atoms with E-state index < -0.39 is 18.0 Å². The molecule has 1 atom stereocenters. The summed E-state index contributed by atoms with van der Waals surface area (Å²) in [6.07, 6.45) is 1.26. The van der Waals surface area contributed by atoms with Crippen LogP contribution in [0.15, 0.2) is 12.7 Å². The largest absolute Gasteiger partial charge is 0.461 e. The standard InChI is InChI=1S/C13H23NO4/c1-4-9-18-12(16)6-5-11(15)13(17)14-8-7-10(2)3/h4,10-11,15H,1,5-9H2,2-3H3,(H,14,17). The Balaban J connectivity index is 3.73. The van der Waals surface area contributed by atoms with Crippen LogP contribution in [0.25, 0.3) is 0 Å². The molecule has 0 aliphatic carbocycles. The minimum atomic E-state index is -1.16. The van der Waals surface area contributed by atoms with E-state index in [4.69, 9.17) is 4.74 Å². The van der Waals surface area contributed by atoms with Crippen LogP contribution in [0, 0.1) is 5.92 Å². The van der Waals surface area contributed by atoms with E-state index in [1.54, 1.807) is 0 Å². The first-order valence-electron chi connectivity index (χ1n) is 6.19. The van der Waals surface area contributed by atoms with Gasteiger partial charge in [0.2, 0.25) is 5.91 Å². The monoisotopic (exact) mass is 257 g/mol. The molecule has 0 fully saturated rings. The normalized spacial score (nSPS) is 12.0. The van der Waals surface area contributed by atoms with Crippen molar-refractivity contribution in [3.05, 3.63) is 12.7 Å². The Kier molecular flexibility index (Phi) is 8.92. The number of aliphatic hydroxyl groups is 1. The molecule has 0 aromatic rings. The van der Waals surface area contributed by atoms with Crippen LogP contribution < -0.4 is 5.32 Å². The highest BCUT2D eigenvalue weighted by molar-refractivity contribution is 5.81. The van der Waals surface area contributed by atoms with Crippen LogP contribution in [0.1, 0.15) is 33.1 Å². The Labute approximate surface area is 108 Å². The molecule has 18 heavy (non-hydrogen) atoms. The zero-order valence-corrected chi connectivity index (χ0v) is 11.1. The van der Waals surface area contributed by atoms with Crippen LogP contribution in [-0.4, -0.2) is 36.2 Å². The van der Waals surface area contributed by atoms with Gasteiger partial charge in [0.25, 0.3) is 0 Å². The maximum absolute atomic E-state index is 11.4. The van der Waals surface area contributed by atoms with Gasteiger partial charge in [0, 0.05) is 13.0 Å².